The molecule has 0 saturated carbocycles. The van der Waals surface area contributed by atoms with Crippen molar-refractivity contribution in [1.82, 2.24) is 9.97 Å². The number of nitrogens with zero attached hydrogens (tertiary/aromatic N) is 2. The average Bonchev–Trinajstić information content (AvgIpc) is 2.72. The van der Waals surface area contributed by atoms with Gasteiger partial charge < -0.3 is 10.6 Å². The number of ketones is 1. The highest BCUT2D eigenvalue weighted by molar-refractivity contribution is 6.03. The number of halogens is 6. The molecule has 11 heteroatoms. The first-order valence-corrected chi connectivity index (χ1v) is 10.2. The van der Waals surface area contributed by atoms with Crippen LogP contribution in [0.1, 0.15) is 40.5 Å². The van der Waals surface area contributed by atoms with Crippen LogP contribution >= 0.6 is 0 Å². The molecule has 5 nitrogen and oxygen atoms in total. The van der Waals surface area contributed by atoms with Gasteiger partial charge in [0.25, 0.3) is 0 Å². The molecule has 3 aromatic rings. The predicted molar refractivity (Wildman–Crippen MR) is 113 cm³/mol. The van der Waals surface area contributed by atoms with Gasteiger partial charge in [0, 0.05) is 17.8 Å². The van der Waals surface area contributed by atoms with Crippen molar-refractivity contribution in [2.45, 2.75) is 32.1 Å². The number of rotatable bonds is 4. The van der Waals surface area contributed by atoms with Crippen LogP contribution in [0.3, 0.4) is 0 Å². The molecule has 0 fully saturated rings. The molecule has 2 N–H and O–H groups in total. The van der Waals surface area contributed by atoms with Gasteiger partial charge in [-0.2, -0.15) is 31.3 Å². The smallest absolute Gasteiger partial charge is 0.339 e. The Morgan fingerprint density at radius 1 is 0.824 bits per heavy atom. The SMILES string of the molecule is CC1CC(=O)c2c(nc(Nc3cccc(C(F)(F)F)c3)nc2Nc2cccc(C(F)(F)F)c2)C1. The molecule has 0 aliphatic heterocycles. The number of aromatic nitrogens is 2. The molecule has 1 atom stereocenters. The third-order valence-corrected chi connectivity index (χ3v) is 5.24. The first kappa shape index (κ1) is 23.5. The van der Waals surface area contributed by atoms with E-state index in [0.29, 0.717) is 12.1 Å². The van der Waals surface area contributed by atoms with E-state index in [0.717, 1.165) is 24.3 Å². The van der Waals surface area contributed by atoms with Gasteiger partial charge in [-0.1, -0.05) is 19.1 Å². The van der Waals surface area contributed by atoms with E-state index >= 15 is 0 Å². The highest BCUT2D eigenvalue weighted by Gasteiger charge is 2.32. The summed E-state index contributed by atoms with van der Waals surface area (Å²) in [6.45, 7) is 1.85. The molecule has 0 bridgehead atoms. The molecule has 34 heavy (non-hydrogen) atoms. The highest BCUT2D eigenvalue weighted by atomic mass is 19.4. The van der Waals surface area contributed by atoms with Gasteiger partial charge in [-0.05, 0) is 48.7 Å². The van der Waals surface area contributed by atoms with Crippen LogP contribution < -0.4 is 10.6 Å². The molecule has 1 aliphatic rings. The van der Waals surface area contributed by atoms with E-state index < -0.39 is 23.5 Å². The lowest BCUT2D eigenvalue weighted by Gasteiger charge is -2.23. The van der Waals surface area contributed by atoms with Gasteiger partial charge in [0.1, 0.15) is 5.82 Å². The van der Waals surface area contributed by atoms with E-state index in [1.54, 1.807) is 0 Å². The van der Waals surface area contributed by atoms with E-state index in [9.17, 15) is 31.1 Å². The number of carbonyl (C=O) groups is 1. The molecule has 2 aromatic carbocycles. The summed E-state index contributed by atoms with van der Waals surface area (Å²) in [5, 5.41) is 5.46. The second-order valence-corrected chi connectivity index (χ2v) is 8.06. The van der Waals surface area contributed by atoms with E-state index in [-0.39, 0.29) is 46.8 Å². The van der Waals surface area contributed by atoms with E-state index in [2.05, 4.69) is 20.6 Å². The molecule has 0 spiro atoms. The minimum Gasteiger partial charge on any atom is -0.339 e. The van der Waals surface area contributed by atoms with Gasteiger partial charge in [-0.3, -0.25) is 4.79 Å². The zero-order valence-corrected chi connectivity index (χ0v) is 17.7. The van der Waals surface area contributed by atoms with E-state index in [1.807, 2.05) is 6.92 Å². The Kier molecular flexibility index (Phi) is 5.96. The number of hydrogen-bond acceptors (Lipinski definition) is 5. The van der Waals surface area contributed by atoms with Crippen LogP contribution in [0.25, 0.3) is 0 Å². The second-order valence-electron chi connectivity index (χ2n) is 8.06. The number of hydrogen-bond donors (Lipinski definition) is 2. The Morgan fingerprint density at radius 2 is 1.38 bits per heavy atom. The largest absolute Gasteiger partial charge is 0.416 e. The summed E-state index contributed by atoms with van der Waals surface area (Å²) in [5.74, 6) is -0.406. The van der Waals surface area contributed by atoms with Crippen molar-refractivity contribution in [1.29, 1.82) is 0 Å². The predicted octanol–water partition coefficient (Wildman–Crippen LogP) is 6.77. The van der Waals surface area contributed by atoms with Crippen molar-refractivity contribution >= 4 is 28.9 Å². The minimum atomic E-state index is -4.57. The minimum absolute atomic E-state index is 0.0179. The second kappa shape index (κ2) is 8.62. The molecule has 1 unspecified atom stereocenters. The number of Topliss-reactive ketones (excluding diaryl/α,β-unsaturated/α-hetero) is 1. The number of carbonyl (C=O) groups excluding carboxylic acids is 1. The first-order chi connectivity index (χ1) is 15.9. The van der Waals surface area contributed by atoms with Crippen LogP contribution in [0.15, 0.2) is 48.5 Å². The summed E-state index contributed by atoms with van der Waals surface area (Å²) < 4.78 is 78.5. The maximum atomic E-state index is 13.1. The molecule has 4 rings (SSSR count). The van der Waals surface area contributed by atoms with Crippen LogP contribution in [0.4, 0.5) is 49.5 Å². The number of benzene rings is 2. The Bertz CT molecular complexity index is 1240. The Balaban J connectivity index is 1.74. The quantitative estimate of drug-likeness (QED) is 0.404. The summed E-state index contributed by atoms with van der Waals surface area (Å²) in [7, 11) is 0. The molecule has 178 valence electrons. The maximum absolute atomic E-state index is 13.1. The van der Waals surface area contributed by atoms with Crippen molar-refractivity contribution < 1.29 is 31.1 Å². The monoisotopic (exact) mass is 480 g/mol. The van der Waals surface area contributed by atoms with E-state index in [1.165, 1.54) is 24.3 Å². The molecule has 0 saturated heterocycles. The summed E-state index contributed by atoms with van der Waals surface area (Å²) in [6, 6.07) is 8.81. The molecule has 1 aliphatic carbocycles. The molecule has 0 amide bonds. The summed E-state index contributed by atoms with van der Waals surface area (Å²) in [5.41, 5.74) is -1.13. The average molecular weight is 480 g/mol. The summed E-state index contributed by atoms with van der Waals surface area (Å²) in [4.78, 5) is 21.2. The van der Waals surface area contributed by atoms with Gasteiger partial charge in [-0.25, -0.2) is 4.98 Å². The Hall–Kier alpha value is -3.63. The number of fused-ring (bicyclic) bond motifs is 1. The van der Waals surface area contributed by atoms with Crippen molar-refractivity contribution in [2.24, 2.45) is 5.92 Å². The number of anilines is 4. The zero-order valence-electron chi connectivity index (χ0n) is 17.7. The van der Waals surface area contributed by atoms with Gasteiger partial charge >= 0.3 is 12.4 Å². The van der Waals surface area contributed by atoms with Crippen LogP contribution in [0.2, 0.25) is 0 Å². The van der Waals surface area contributed by atoms with Gasteiger partial charge in [-0.15, -0.1) is 0 Å². The standard InChI is InChI=1S/C23H18F6N4O/c1-12-8-17-19(18(34)9-12)20(30-15-6-2-4-13(10-15)22(24,25)26)33-21(32-17)31-16-7-3-5-14(11-16)23(27,28)29/h2-7,10-12H,8-9H2,1H3,(H2,30,31,32,33). The Labute approximate surface area is 190 Å². The van der Waals surface area contributed by atoms with E-state index in [4.69, 9.17) is 0 Å². The molecular formula is C23H18F6N4O. The van der Waals surface area contributed by atoms with Crippen molar-refractivity contribution in [3.63, 3.8) is 0 Å². The normalized spacial score (nSPS) is 16.2. The molecule has 1 aromatic heterocycles. The highest BCUT2D eigenvalue weighted by Crippen LogP contribution is 2.35. The van der Waals surface area contributed by atoms with Crippen LogP contribution in [-0.4, -0.2) is 15.8 Å². The molecule has 1 heterocycles. The lowest BCUT2D eigenvalue weighted by Crippen LogP contribution is -2.22. The van der Waals surface area contributed by atoms with Gasteiger partial charge in [0.2, 0.25) is 5.95 Å². The molecular weight excluding hydrogens is 462 g/mol. The lowest BCUT2D eigenvalue weighted by atomic mass is 9.87. The first-order valence-electron chi connectivity index (χ1n) is 10.2. The zero-order chi connectivity index (χ0) is 24.7. The summed E-state index contributed by atoms with van der Waals surface area (Å²) >= 11 is 0. The van der Waals surface area contributed by atoms with Crippen molar-refractivity contribution in [3.05, 3.63) is 70.9 Å². The molecule has 0 radical (unpaired) electrons. The van der Waals surface area contributed by atoms with Crippen molar-refractivity contribution in [2.75, 3.05) is 10.6 Å². The topological polar surface area (TPSA) is 66.9 Å². The van der Waals surface area contributed by atoms with Crippen molar-refractivity contribution in [3.8, 4) is 0 Å². The van der Waals surface area contributed by atoms with Gasteiger partial charge in [0.05, 0.1) is 22.4 Å². The number of alkyl halides is 6. The van der Waals surface area contributed by atoms with Gasteiger partial charge in [0.15, 0.2) is 5.78 Å². The fourth-order valence-electron chi connectivity index (χ4n) is 3.73. The van der Waals surface area contributed by atoms with Crippen LogP contribution in [0, 0.1) is 5.92 Å². The van der Waals surface area contributed by atoms with Crippen LogP contribution in [0.5, 0.6) is 0 Å². The van der Waals surface area contributed by atoms with Crippen LogP contribution in [-0.2, 0) is 18.8 Å². The fraction of sp³-hybridized carbons (Fsp3) is 0.261. The number of nitrogens with one attached hydrogen (secondary N) is 2. The Morgan fingerprint density at radius 3 is 1.94 bits per heavy atom. The fourth-order valence-corrected chi connectivity index (χ4v) is 3.73. The maximum Gasteiger partial charge on any atom is 0.416 e. The summed E-state index contributed by atoms with van der Waals surface area (Å²) in [6.07, 6.45) is -8.50. The third kappa shape index (κ3) is 5.13. The third-order valence-electron chi connectivity index (χ3n) is 5.24. The lowest BCUT2D eigenvalue weighted by molar-refractivity contribution is -0.138.